The van der Waals surface area contributed by atoms with Crippen molar-refractivity contribution in [1.82, 2.24) is 14.3 Å². The molecule has 1 fully saturated rings. The summed E-state index contributed by atoms with van der Waals surface area (Å²) >= 11 is 1.75. The number of likely N-dealkylation sites (tertiary alicyclic amines) is 1. The number of para-hydroxylation sites is 1. The Kier molecular flexibility index (Phi) is 5.12. The second-order valence-corrected chi connectivity index (χ2v) is 8.65. The number of aliphatic carboxylic acids is 1. The molecule has 28 heavy (non-hydrogen) atoms. The summed E-state index contributed by atoms with van der Waals surface area (Å²) in [6.07, 6.45) is 4.31. The lowest BCUT2D eigenvalue weighted by Gasteiger charge is -2.39. The smallest absolute Gasteiger partial charge is 0.341 e. The van der Waals surface area contributed by atoms with E-state index in [2.05, 4.69) is 34.7 Å². The molecule has 0 amide bonds. The Morgan fingerprint density at radius 1 is 1.39 bits per heavy atom. The van der Waals surface area contributed by atoms with Gasteiger partial charge in [0, 0.05) is 35.6 Å². The molecule has 1 aromatic carbocycles. The summed E-state index contributed by atoms with van der Waals surface area (Å²) in [5, 5.41) is 11.0. The molecule has 0 unspecified atom stereocenters. The first-order valence-electron chi connectivity index (χ1n) is 9.54. The predicted molar refractivity (Wildman–Crippen MR) is 109 cm³/mol. The fourth-order valence-corrected chi connectivity index (χ4v) is 5.21. The van der Waals surface area contributed by atoms with Gasteiger partial charge in [-0.15, -0.1) is 11.3 Å². The van der Waals surface area contributed by atoms with E-state index in [1.165, 1.54) is 10.5 Å². The molecule has 1 atom stereocenters. The number of rotatable bonds is 6. The SMILES string of the molecule is Cc1nc([C@@]2(C)CCCN(Cc3ccccc3OCC(=O)O)C2)c2sccn12. The molecule has 4 rings (SSSR count). The Bertz CT molecular complexity index is 996. The fraction of sp³-hybridized carbons (Fsp3) is 0.429. The third-order valence-corrected chi connectivity index (χ3v) is 6.37. The minimum absolute atomic E-state index is 0.000517. The average molecular weight is 400 g/mol. The standard InChI is InChI=1S/C21H25N3O3S/c1-15-22-19(20-24(15)10-11-28-20)21(2)8-5-9-23(14-21)12-16-6-3-4-7-17(16)27-13-18(25)26/h3-4,6-7,10-11H,5,8-9,12-14H2,1-2H3,(H,25,26)/t21-/m0/s1. The van der Waals surface area contributed by atoms with Gasteiger partial charge >= 0.3 is 5.97 Å². The minimum atomic E-state index is -0.963. The average Bonchev–Trinajstić information content (AvgIpc) is 3.25. The van der Waals surface area contributed by atoms with Crippen LogP contribution in [0.25, 0.3) is 4.83 Å². The van der Waals surface area contributed by atoms with Gasteiger partial charge in [-0.2, -0.15) is 0 Å². The van der Waals surface area contributed by atoms with E-state index in [0.29, 0.717) is 5.75 Å². The zero-order chi connectivity index (χ0) is 19.7. The van der Waals surface area contributed by atoms with Crippen molar-refractivity contribution in [2.24, 2.45) is 0 Å². The number of aromatic nitrogens is 2. The van der Waals surface area contributed by atoms with Gasteiger partial charge in [0.15, 0.2) is 6.61 Å². The van der Waals surface area contributed by atoms with E-state index in [1.54, 1.807) is 11.3 Å². The number of carbonyl (C=O) groups is 1. The van der Waals surface area contributed by atoms with Crippen LogP contribution >= 0.6 is 11.3 Å². The van der Waals surface area contributed by atoms with Crippen LogP contribution in [-0.4, -0.2) is 45.1 Å². The molecule has 1 aliphatic rings. The molecule has 0 saturated carbocycles. The summed E-state index contributed by atoms with van der Waals surface area (Å²) in [4.78, 5) is 19.4. The van der Waals surface area contributed by atoms with Crippen LogP contribution in [0.5, 0.6) is 5.75 Å². The number of hydrogen-bond acceptors (Lipinski definition) is 5. The molecule has 3 heterocycles. The molecule has 3 aromatic rings. The third kappa shape index (κ3) is 3.64. The first-order chi connectivity index (χ1) is 13.5. The lowest BCUT2D eigenvalue weighted by molar-refractivity contribution is -0.139. The van der Waals surface area contributed by atoms with Gasteiger partial charge in [0.2, 0.25) is 0 Å². The number of fused-ring (bicyclic) bond motifs is 1. The Hall–Kier alpha value is -2.38. The molecule has 1 N–H and O–H groups in total. The van der Waals surface area contributed by atoms with Gasteiger partial charge in [-0.25, -0.2) is 9.78 Å². The second-order valence-electron chi connectivity index (χ2n) is 7.75. The highest BCUT2D eigenvalue weighted by Gasteiger charge is 2.37. The molecular weight excluding hydrogens is 374 g/mol. The van der Waals surface area contributed by atoms with Gasteiger partial charge in [-0.1, -0.05) is 25.1 Å². The molecule has 148 valence electrons. The number of thiazole rings is 1. The highest BCUT2D eigenvalue weighted by molar-refractivity contribution is 7.15. The van der Waals surface area contributed by atoms with Gasteiger partial charge in [0.05, 0.1) is 5.69 Å². The predicted octanol–water partition coefficient (Wildman–Crippen LogP) is 3.72. The number of piperidine rings is 1. The number of carboxylic acid groups (broad SMARTS) is 1. The first-order valence-corrected chi connectivity index (χ1v) is 10.4. The molecule has 0 aliphatic carbocycles. The van der Waals surface area contributed by atoms with Crippen molar-refractivity contribution >= 4 is 22.1 Å². The summed E-state index contributed by atoms with van der Waals surface area (Å²) < 4.78 is 7.67. The number of benzene rings is 1. The monoisotopic (exact) mass is 399 g/mol. The van der Waals surface area contributed by atoms with E-state index in [0.717, 1.165) is 43.9 Å². The van der Waals surface area contributed by atoms with Crippen LogP contribution < -0.4 is 4.74 Å². The summed E-state index contributed by atoms with van der Waals surface area (Å²) in [7, 11) is 0. The number of aryl methyl sites for hydroxylation is 1. The molecule has 1 saturated heterocycles. The van der Waals surface area contributed by atoms with Crippen molar-refractivity contribution in [2.75, 3.05) is 19.7 Å². The van der Waals surface area contributed by atoms with Crippen molar-refractivity contribution < 1.29 is 14.6 Å². The third-order valence-electron chi connectivity index (χ3n) is 5.50. The molecule has 1 aliphatic heterocycles. The van der Waals surface area contributed by atoms with Crippen molar-refractivity contribution in [3.05, 3.63) is 52.9 Å². The zero-order valence-electron chi connectivity index (χ0n) is 16.2. The first kappa shape index (κ1) is 19.0. The number of carboxylic acids is 1. The Morgan fingerprint density at radius 2 is 2.21 bits per heavy atom. The normalized spacial score (nSPS) is 20.5. The summed E-state index contributed by atoms with van der Waals surface area (Å²) in [5.41, 5.74) is 2.22. The fourth-order valence-electron chi connectivity index (χ4n) is 4.19. The molecular formula is C21H25N3O3S. The molecule has 0 bridgehead atoms. The van der Waals surface area contributed by atoms with Crippen molar-refractivity contribution in [2.45, 2.75) is 38.6 Å². The van der Waals surface area contributed by atoms with Crippen LogP contribution in [0.15, 0.2) is 35.8 Å². The van der Waals surface area contributed by atoms with E-state index in [4.69, 9.17) is 14.8 Å². The van der Waals surface area contributed by atoms with Gasteiger partial charge in [0.25, 0.3) is 0 Å². The van der Waals surface area contributed by atoms with E-state index >= 15 is 0 Å². The van der Waals surface area contributed by atoms with Crippen LogP contribution in [0.3, 0.4) is 0 Å². The lowest BCUT2D eigenvalue weighted by Crippen LogP contribution is -2.44. The molecule has 0 spiro atoms. The minimum Gasteiger partial charge on any atom is -0.482 e. The zero-order valence-corrected chi connectivity index (χ0v) is 17.0. The Labute approximate surface area is 168 Å². The van der Waals surface area contributed by atoms with Crippen molar-refractivity contribution in [3.8, 4) is 5.75 Å². The van der Waals surface area contributed by atoms with Gasteiger partial charge in [-0.3, -0.25) is 9.30 Å². The maximum absolute atomic E-state index is 10.9. The second kappa shape index (κ2) is 7.56. The summed E-state index contributed by atoms with van der Waals surface area (Å²) in [6, 6.07) is 7.71. The largest absolute Gasteiger partial charge is 0.482 e. The van der Waals surface area contributed by atoms with E-state index in [1.807, 2.05) is 24.3 Å². The lowest BCUT2D eigenvalue weighted by atomic mass is 9.79. The van der Waals surface area contributed by atoms with Crippen LogP contribution in [0.1, 0.15) is 36.8 Å². The number of nitrogens with zero attached hydrogens (tertiary/aromatic N) is 3. The molecule has 6 nitrogen and oxygen atoms in total. The van der Waals surface area contributed by atoms with Gasteiger partial charge in [0.1, 0.15) is 16.4 Å². The Morgan fingerprint density at radius 3 is 3.04 bits per heavy atom. The number of imidazole rings is 1. The van der Waals surface area contributed by atoms with Crippen LogP contribution in [0.4, 0.5) is 0 Å². The number of hydrogen-bond donors (Lipinski definition) is 1. The Balaban J connectivity index is 1.55. The number of ether oxygens (including phenoxy) is 1. The maximum atomic E-state index is 10.9. The molecule has 0 radical (unpaired) electrons. The van der Waals surface area contributed by atoms with E-state index in [-0.39, 0.29) is 12.0 Å². The van der Waals surface area contributed by atoms with Crippen LogP contribution in [0, 0.1) is 6.92 Å². The van der Waals surface area contributed by atoms with Crippen LogP contribution in [-0.2, 0) is 16.8 Å². The highest BCUT2D eigenvalue weighted by atomic mass is 32.1. The topological polar surface area (TPSA) is 67.1 Å². The van der Waals surface area contributed by atoms with Gasteiger partial charge in [-0.05, 0) is 32.4 Å². The van der Waals surface area contributed by atoms with Crippen molar-refractivity contribution in [3.63, 3.8) is 0 Å². The molecule has 7 heteroatoms. The maximum Gasteiger partial charge on any atom is 0.341 e. The summed E-state index contributed by atoms with van der Waals surface area (Å²) in [5.74, 6) is 0.725. The van der Waals surface area contributed by atoms with Gasteiger partial charge < -0.3 is 9.84 Å². The highest BCUT2D eigenvalue weighted by Crippen LogP contribution is 2.38. The van der Waals surface area contributed by atoms with E-state index in [9.17, 15) is 4.79 Å². The van der Waals surface area contributed by atoms with Crippen molar-refractivity contribution in [1.29, 1.82) is 0 Å². The van der Waals surface area contributed by atoms with Crippen LogP contribution in [0.2, 0.25) is 0 Å². The quantitative estimate of drug-likeness (QED) is 0.684. The summed E-state index contributed by atoms with van der Waals surface area (Å²) in [6.45, 7) is 6.73. The van der Waals surface area contributed by atoms with E-state index < -0.39 is 5.97 Å². The molecule has 2 aromatic heterocycles.